The summed E-state index contributed by atoms with van der Waals surface area (Å²) in [6.07, 6.45) is 8.49. The highest BCUT2D eigenvalue weighted by Crippen LogP contribution is 2.35. The zero-order chi connectivity index (χ0) is 41.6. The summed E-state index contributed by atoms with van der Waals surface area (Å²) in [5.74, 6) is -1.01. The molecule has 7 aromatic rings. The largest absolute Gasteiger partial charge is 0.341 e. The number of carbonyl (C=O) groups is 3. The Morgan fingerprint density at radius 2 is 1.20 bits per heavy atom. The quantitative estimate of drug-likeness (QED) is 0.0338. The summed E-state index contributed by atoms with van der Waals surface area (Å²) in [6, 6.07) is 34.2. The van der Waals surface area contributed by atoms with Crippen molar-refractivity contribution in [1.29, 1.82) is 0 Å². The summed E-state index contributed by atoms with van der Waals surface area (Å²) < 4.78 is 4.57. The molecule has 0 spiro atoms. The van der Waals surface area contributed by atoms with Crippen molar-refractivity contribution in [1.82, 2.24) is 9.13 Å². The van der Waals surface area contributed by atoms with Crippen LogP contribution >= 0.6 is 0 Å². The second kappa shape index (κ2) is 17.7. The van der Waals surface area contributed by atoms with Crippen LogP contribution in [-0.4, -0.2) is 38.3 Å². The van der Waals surface area contributed by atoms with Crippen molar-refractivity contribution in [2.75, 3.05) is 0 Å². The maximum Gasteiger partial charge on any atom is 0.331 e. The van der Waals surface area contributed by atoms with E-state index >= 15 is 0 Å². The third-order valence-electron chi connectivity index (χ3n) is 10.7. The first kappa shape index (κ1) is 40.3. The van der Waals surface area contributed by atoms with Gasteiger partial charge in [0.05, 0.1) is 11.4 Å². The van der Waals surface area contributed by atoms with E-state index in [2.05, 4.69) is 101 Å². The number of hydrogen-bond acceptors (Lipinski definition) is 7. The minimum absolute atomic E-state index is 0.0421. The van der Waals surface area contributed by atoms with Gasteiger partial charge in [-0.1, -0.05) is 83.1 Å². The van der Waals surface area contributed by atoms with Gasteiger partial charge in [0.2, 0.25) is 0 Å². The first-order valence-electron chi connectivity index (χ1n) is 20.1. The van der Waals surface area contributed by atoms with Crippen molar-refractivity contribution in [3.63, 3.8) is 0 Å². The molecule has 298 valence electrons. The van der Waals surface area contributed by atoms with Gasteiger partial charge in [0.25, 0.3) is 0 Å². The Morgan fingerprint density at radius 1 is 0.678 bits per heavy atom. The summed E-state index contributed by atoms with van der Waals surface area (Å²) >= 11 is 0. The predicted octanol–water partition coefficient (Wildman–Crippen LogP) is 11.6. The number of rotatable bonds is 15. The minimum atomic E-state index is -0.495. The van der Waals surface area contributed by atoms with Crippen LogP contribution < -0.4 is 0 Å². The van der Waals surface area contributed by atoms with Gasteiger partial charge >= 0.3 is 11.9 Å². The Labute approximate surface area is 343 Å². The van der Waals surface area contributed by atoms with Crippen molar-refractivity contribution in [3.05, 3.63) is 156 Å². The number of ketones is 1. The first-order valence-corrected chi connectivity index (χ1v) is 20.1. The molecule has 9 nitrogen and oxygen atoms in total. The number of oxime groups is 2. The number of carbonyl (C=O) groups excluding carboxylic acids is 3. The number of benzene rings is 5. The van der Waals surface area contributed by atoms with E-state index in [0.29, 0.717) is 48.2 Å². The molecule has 0 bridgehead atoms. The average Bonchev–Trinajstić information content (AvgIpc) is 3.74. The number of para-hydroxylation sites is 1. The van der Waals surface area contributed by atoms with Crippen LogP contribution in [0.2, 0.25) is 0 Å². The average molecular weight is 785 g/mol. The van der Waals surface area contributed by atoms with E-state index in [1.54, 1.807) is 6.08 Å². The van der Waals surface area contributed by atoms with Crippen LogP contribution in [0, 0.1) is 6.92 Å². The molecule has 7 rings (SSSR count). The zero-order valence-electron chi connectivity index (χ0n) is 34.2. The predicted molar refractivity (Wildman–Crippen MR) is 238 cm³/mol. The summed E-state index contributed by atoms with van der Waals surface area (Å²) in [5, 5.41) is 12.7. The van der Waals surface area contributed by atoms with Crippen LogP contribution in [0.1, 0.15) is 92.0 Å². The van der Waals surface area contributed by atoms with Crippen LogP contribution in [-0.2, 0) is 25.8 Å². The molecule has 0 aliphatic heterocycles. The fourth-order valence-electron chi connectivity index (χ4n) is 7.93. The van der Waals surface area contributed by atoms with E-state index in [4.69, 9.17) is 9.68 Å². The lowest BCUT2D eigenvalue weighted by atomic mass is 9.97. The standard InChI is InChI=1S/C50H48N4O5/c1-7-9-20-44(51-58-34(5)55)37-24-27-48-42(30-37)43-31-38(50(57)39-18-12-10-16-32(39)3)25-28-49(43)54(48)33(4)17-11-14-21-45(52-59-35(6)56)36-23-26-47-41(29-36)40-19-13-15-22-46(40)53(47)8-2/h7,10-13,15-19,22-31,33H,1,8-9,14,20-21H2,2-6H3/b17-11+,51-44+,52-45+. The van der Waals surface area contributed by atoms with E-state index in [9.17, 15) is 14.4 Å². The summed E-state index contributed by atoms with van der Waals surface area (Å²) in [6.45, 7) is 13.6. The van der Waals surface area contributed by atoms with Crippen molar-refractivity contribution < 1.29 is 24.1 Å². The number of aromatic nitrogens is 2. The Balaban J connectivity index is 1.24. The Hall–Kier alpha value is -6.87. The van der Waals surface area contributed by atoms with E-state index in [0.717, 1.165) is 55.9 Å². The maximum atomic E-state index is 13.8. The van der Waals surface area contributed by atoms with Crippen LogP contribution in [0.25, 0.3) is 43.6 Å². The van der Waals surface area contributed by atoms with Gasteiger partial charge in [-0.25, -0.2) is 9.59 Å². The minimum Gasteiger partial charge on any atom is -0.341 e. The second-order valence-corrected chi connectivity index (χ2v) is 14.7. The highest BCUT2D eigenvalue weighted by atomic mass is 16.7. The number of hydrogen-bond donors (Lipinski definition) is 0. The SMILES string of the molecule is C=CCC/C(=N\OC(C)=O)c1ccc2c(c1)c1cc(C(=O)c3ccccc3C)ccc1n2C(C)/C=C/CC/C(=N\OC(C)=O)c1ccc2c(c1)c1ccccc1n2CC. The molecule has 59 heavy (non-hydrogen) atoms. The maximum absolute atomic E-state index is 13.8. The molecule has 2 aromatic heterocycles. The fraction of sp³-hybridized carbons (Fsp3) is 0.220. The van der Waals surface area contributed by atoms with Gasteiger partial charge in [-0.15, -0.1) is 6.58 Å². The Kier molecular flexibility index (Phi) is 12.1. The number of fused-ring (bicyclic) bond motifs is 6. The first-order chi connectivity index (χ1) is 28.6. The fourth-order valence-corrected chi connectivity index (χ4v) is 7.93. The van der Waals surface area contributed by atoms with Crippen LogP contribution in [0.4, 0.5) is 0 Å². The number of allylic oxidation sites excluding steroid dienone is 3. The lowest BCUT2D eigenvalue weighted by Gasteiger charge is -2.14. The highest BCUT2D eigenvalue weighted by molar-refractivity contribution is 6.17. The van der Waals surface area contributed by atoms with Crippen LogP contribution in [0.15, 0.2) is 138 Å². The molecule has 1 atom stereocenters. The van der Waals surface area contributed by atoms with E-state index in [-0.39, 0.29) is 11.8 Å². The molecule has 0 aliphatic rings. The summed E-state index contributed by atoms with van der Waals surface area (Å²) in [5.41, 5.74) is 9.48. The van der Waals surface area contributed by atoms with Crippen molar-refractivity contribution in [2.24, 2.45) is 10.3 Å². The van der Waals surface area contributed by atoms with Gasteiger partial charge in [-0.05, 0) is 101 Å². The molecule has 0 radical (unpaired) electrons. The van der Waals surface area contributed by atoms with Gasteiger partial charge < -0.3 is 18.8 Å². The van der Waals surface area contributed by atoms with Crippen molar-refractivity contribution in [2.45, 2.75) is 72.9 Å². The molecule has 1 unspecified atom stereocenters. The van der Waals surface area contributed by atoms with Crippen LogP contribution in [0.5, 0.6) is 0 Å². The molecular formula is C50H48N4O5. The Bertz CT molecular complexity index is 2850. The summed E-state index contributed by atoms with van der Waals surface area (Å²) in [7, 11) is 0. The zero-order valence-corrected chi connectivity index (χ0v) is 34.2. The van der Waals surface area contributed by atoms with Gasteiger partial charge in [0.15, 0.2) is 5.78 Å². The topological polar surface area (TPSA) is 104 Å². The van der Waals surface area contributed by atoms with Gasteiger partial charge in [-0.2, -0.15) is 0 Å². The smallest absolute Gasteiger partial charge is 0.331 e. The number of aryl methyl sites for hydroxylation is 2. The lowest BCUT2D eigenvalue weighted by Crippen LogP contribution is -2.05. The van der Waals surface area contributed by atoms with E-state index in [1.807, 2.05) is 61.5 Å². The van der Waals surface area contributed by atoms with Crippen molar-refractivity contribution in [3.8, 4) is 0 Å². The normalized spacial score (nSPS) is 12.8. The van der Waals surface area contributed by atoms with Gasteiger partial charge in [0, 0.05) is 92.3 Å². The molecule has 5 aromatic carbocycles. The van der Waals surface area contributed by atoms with E-state index in [1.165, 1.54) is 24.8 Å². The van der Waals surface area contributed by atoms with Crippen molar-refractivity contribution >= 4 is 72.8 Å². The third-order valence-corrected chi connectivity index (χ3v) is 10.7. The molecular weight excluding hydrogens is 737 g/mol. The molecule has 0 amide bonds. The molecule has 0 saturated carbocycles. The van der Waals surface area contributed by atoms with E-state index < -0.39 is 11.9 Å². The summed E-state index contributed by atoms with van der Waals surface area (Å²) in [4.78, 5) is 47.8. The molecule has 9 heteroatoms. The second-order valence-electron chi connectivity index (χ2n) is 14.7. The van der Waals surface area contributed by atoms with Gasteiger partial charge in [-0.3, -0.25) is 4.79 Å². The molecule has 0 aliphatic carbocycles. The number of nitrogens with zero attached hydrogens (tertiary/aromatic N) is 4. The Morgan fingerprint density at radius 3 is 1.81 bits per heavy atom. The molecule has 2 heterocycles. The van der Waals surface area contributed by atoms with Crippen LogP contribution in [0.3, 0.4) is 0 Å². The molecule has 0 saturated heterocycles. The lowest BCUT2D eigenvalue weighted by molar-refractivity contribution is -0.141. The monoisotopic (exact) mass is 784 g/mol. The molecule has 0 N–H and O–H groups in total. The third kappa shape index (κ3) is 8.41. The highest BCUT2D eigenvalue weighted by Gasteiger charge is 2.20. The van der Waals surface area contributed by atoms with Gasteiger partial charge in [0.1, 0.15) is 0 Å². The molecule has 0 fully saturated rings.